The number of nitrogens with one attached hydrogen (secondary N) is 6. The molecule has 2 bridgehead atoms. The quantitative estimate of drug-likeness (QED) is 0.0544. The minimum Gasteiger partial charge on any atom is -0.493 e. The first-order chi connectivity index (χ1) is 36.8. The monoisotopic (exact) mass is 1030 g/mol. The number of aromatic amines is 3. The van der Waals surface area contributed by atoms with Crippen LogP contribution in [-0.4, -0.2) is 122 Å². The second-order valence-electron chi connectivity index (χ2n) is 22.5. The number of H-pyrrole nitrogens is 3. The second-order valence-corrected chi connectivity index (χ2v) is 22.5. The Morgan fingerprint density at radius 3 is 2.22 bits per heavy atom. The first-order valence-corrected chi connectivity index (χ1v) is 27.7. The molecule has 8 unspecified atom stereocenters. The molecule has 17 heteroatoms. The van der Waals surface area contributed by atoms with Crippen molar-refractivity contribution >= 4 is 34.4 Å². The Kier molecular flexibility index (Phi) is 14.8. The van der Waals surface area contributed by atoms with Crippen LogP contribution in [0.15, 0.2) is 67.0 Å². The summed E-state index contributed by atoms with van der Waals surface area (Å²) in [5.41, 5.74) is 12.9. The van der Waals surface area contributed by atoms with E-state index in [1.807, 2.05) is 31.1 Å². The number of piperidine rings is 1. The van der Waals surface area contributed by atoms with Gasteiger partial charge in [-0.1, -0.05) is 71.4 Å². The smallest absolute Gasteiger partial charge is 0.407 e. The van der Waals surface area contributed by atoms with Gasteiger partial charge in [-0.05, 0) is 128 Å². The van der Waals surface area contributed by atoms with Crippen molar-refractivity contribution < 1.29 is 28.9 Å². The number of likely N-dealkylation sites (tertiary alicyclic amines) is 2. The fraction of sp³-hybridized carbons (Fsp3) is 0.508. The van der Waals surface area contributed by atoms with Gasteiger partial charge in [0.1, 0.15) is 29.5 Å². The Labute approximate surface area is 445 Å². The van der Waals surface area contributed by atoms with E-state index in [1.165, 1.54) is 49.3 Å². The van der Waals surface area contributed by atoms with Crippen LogP contribution in [0.2, 0.25) is 0 Å². The summed E-state index contributed by atoms with van der Waals surface area (Å²) in [5.74, 6) is 4.12. The van der Waals surface area contributed by atoms with Gasteiger partial charge in [0.25, 0.3) is 0 Å². The van der Waals surface area contributed by atoms with Gasteiger partial charge in [0, 0.05) is 41.7 Å². The van der Waals surface area contributed by atoms with Gasteiger partial charge in [0.05, 0.1) is 79.8 Å². The normalized spacial score (nSPS) is 23.2. The van der Waals surface area contributed by atoms with E-state index in [-0.39, 0.29) is 47.8 Å². The molecule has 0 spiro atoms. The van der Waals surface area contributed by atoms with Gasteiger partial charge in [-0.15, -0.1) is 0 Å². The lowest BCUT2D eigenvalue weighted by Gasteiger charge is -2.35. The molecule has 2 amide bonds. The Hall–Kier alpha value is -6.53. The van der Waals surface area contributed by atoms with Gasteiger partial charge in [0.15, 0.2) is 0 Å². The largest absolute Gasteiger partial charge is 0.493 e. The summed E-state index contributed by atoms with van der Waals surface area (Å²) in [4.78, 5) is 55.3. The number of alkyl carbamates (subject to hydrolysis) is 2. The number of methoxy groups -OCH3 is 2. The van der Waals surface area contributed by atoms with Crippen molar-refractivity contribution in [1.82, 2.24) is 55.7 Å². The number of aromatic nitrogens is 6. The molecule has 8 atom stereocenters. The average molecular weight is 1030 g/mol. The van der Waals surface area contributed by atoms with Gasteiger partial charge in [-0.3, -0.25) is 9.80 Å². The van der Waals surface area contributed by atoms with E-state index in [9.17, 15) is 14.7 Å². The van der Waals surface area contributed by atoms with Crippen LogP contribution in [0.5, 0.6) is 5.75 Å². The molecule has 0 radical (unpaired) electrons. The molecule has 76 heavy (non-hydrogen) atoms. The summed E-state index contributed by atoms with van der Waals surface area (Å²) < 4.78 is 16.8. The van der Waals surface area contributed by atoms with E-state index in [0.717, 1.165) is 120 Å². The van der Waals surface area contributed by atoms with Crippen LogP contribution in [0.4, 0.5) is 9.59 Å². The van der Waals surface area contributed by atoms with Crippen molar-refractivity contribution in [2.75, 3.05) is 47.0 Å². The first-order valence-electron chi connectivity index (χ1n) is 27.7. The number of ether oxygens (including phenoxy) is 3. The fourth-order valence-corrected chi connectivity index (χ4v) is 12.7. The van der Waals surface area contributed by atoms with Crippen molar-refractivity contribution in [3.63, 3.8) is 0 Å². The number of nitrogens with zero attached hydrogens (tertiary/aromatic N) is 5. The Morgan fingerprint density at radius 2 is 1.49 bits per heavy atom. The number of aliphatic hydroxyl groups excluding tert-OH is 1. The third-order valence-corrected chi connectivity index (χ3v) is 17.2. The predicted octanol–water partition coefficient (Wildman–Crippen LogP) is 9.99. The molecule has 3 saturated heterocycles. The highest BCUT2D eigenvalue weighted by Gasteiger charge is 2.40. The molecular formula is C59H75N11O6. The molecule has 0 saturated carbocycles. The molecule has 5 aliphatic rings. The number of carbonyl (C=O) groups excluding carboxylic acids is 2. The lowest BCUT2D eigenvalue weighted by atomic mass is 9.84. The highest BCUT2D eigenvalue weighted by molar-refractivity contribution is 6.03. The van der Waals surface area contributed by atoms with Crippen LogP contribution in [0, 0.1) is 17.8 Å². The number of hydrogen-bond donors (Lipinski definition) is 7. The fourth-order valence-electron chi connectivity index (χ4n) is 12.7. The SMILES string of the molecule is COC(=O)NC(CN1CCCC1c1ncc(-c2ccc3c(c2)OCC2CC3=C(c3ccc4nc(C5CCCCN5)[nH]c4c3)c3cc(-c4cnc(C5CCCN5C(O)C(NC(=O)OC)C(C)C)[nH]4)ccc3C2C)[nH]1)C(C)C. The van der Waals surface area contributed by atoms with Crippen LogP contribution in [0.1, 0.15) is 150 Å². The van der Waals surface area contributed by atoms with Gasteiger partial charge in [-0.25, -0.2) is 24.5 Å². The summed E-state index contributed by atoms with van der Waals surface area (Å²) in [5, 5.41) is 21.4. The molecule has 402 valence electrons. The number of benzene rings is 3. The molecule has 3 aromatic heterocycles. The Morgan fingerprint density at radius 1 is 0.776 bits per heavy atom. The molecule has 3 aromatic carbocycles. The third kappa shape index (κ3) is 10.1. The van der Waals surface area contributed by atoms with E-state index in [2.05, 4.69) is 111 Å². The number of carbonyl (C=O) groups is 2. The maximum atomic E-state index is 12.3. The maximum Gasteiger partial charge on any atom is 0.407 e. The zero-order chi connectivity index (χ0) is 52.8. The number of aliphatic hydroxyl groups is 1. The van der Waals surface area contributed by atoms with Crippen LogP contribution < -0.4 is 20.7 Å². The highest BCUT2D eigenvalue weighted by atomic mass is 16.5. The number of amides is 2. The van der Waals surface area contributed by atoms with Crippen molar-refractivity contribution in [3.8, 4) is 28.3 Å². The average Bonchev–Trinajstić information content (AvgIpc) is 4.32. The van der Waals surface area contributed by atoms with Gasteiger partial charge >= 0.3 is 12.2 Å². The minimum absolute atomic E-state index is 0.0332. The predicted molar refractivity (Wildman–Crippen MR) is 293 cm³/mol. The number of rotatable bonds is 14. The third-order valence-electron chi connectivity index (χ3n) is 17.2. The summed E-state index contributed by atoms with van der Waals surface area (Å²) in [6.45, 7) is 14.4. The van der Waals surface area contributed by atoms with E-state index < -0.39 is 24.5 Å². The molecular weight excluding hydrogens is 959 g/mol. The molecule has 6 aromatic rings. The van der Waals surface area contributed by atoms with E-state index >= 15 is 0 Å². The maximum absolute atomic E-state index is 12.3. The van der Waals surface area contributed by atoms with Crippen LogP contribution in [0.3, 0.4) is 0 Å². The summed E-state index contributed by atoms with van der Waals surface area (Å²) in [7, 11) is 2.75. The Bertz CT molecular complexity index is 3100. The summed E-state index contributed by atoms with van der Waals surface area (Å²) in [6.07, 6.45) is 9.96. The van der Waals surface area contributed by atoms with Crippen molar-refractivity contribution in [3.05, 3.63) is 107 Å². The topological polar surface area (TPSA) is 211 Å². The lowest BCUT2D eigenvalue weighted by molar-refractivity contribution is -0.0440. The minimum atomic E-state index is -0.927. The van der Waals surface area contributed by atoms with Gasteiger partial charge < -0.3 is 50.2 Å². The summed E-state index contributed by atoms with van der Waals surface area (Å²) >= 11 is 0. The Balaban J connectivity index is 0.965. The van der Waals surface area contributed by atoms with Crippen molar-refractivity contribution in [1.29, 1.82) is 0 Å². The number of hydrogen-bond acceptors (Lipinski definition) is 12. The van der Waals surface area contributed by atoms with E-state index in [4.69, 9.17) is 29.2 Å². The molecule has 17 nitrogen and oxygen atoms in total. The number of allylic oxidation sites excluding steroid dienone is 1. The van der Waals surface area contributed by atoms with Gasteiger partial charge in [-0.2, -0.15) is 0 Å². The van der Waals surface area contributed by atoms with E-state index in [1.54, 1.807) is 0 Å². The second kappa shape index (κ2) is 21.8. The number of fused-ring (bicyclic) bond motifs is 6. The lowest BCUT2D eigenvalue weighted by Crippen LogP contribution is -2.54. The standard InChI is InChI=1S/C59H75N11O6/c1-32(2)48(67-58(72)74-6)30-69-22-10-13-49(69)55-61-29-47(65-55)36-16-19-40-42-25-38(31-76-51(40)27-36)34(5)39-18-15-35(24-41(39)52(42)37-17-20-43-45(26-37)64-54(63-43)44-12-8-9-21-60-44)46-28-62-56(66-46)50-14-11-23-70(50)57(71)53(33(3)4)68-59(73)75-7/h15-20,24,26-29,32-34,38,44,48-50,53,57,60,71H,8-14,21-23,25,30-31H2,1-7H3,(H,61,65)(H,62,66)(H,63,64)(H,67,72)(H,68,73). The van der Waals surface area contributed by atoms with Crippen LogP contribution in [0.25, 0.3) is 44.7 Å². The van der Waals surface area contributed by atoms with Crippen LogP contribution >= 0.6 is 0 Å². The van der Waals surface area contributed by atoms with Crippen molar-refractivity contribution in [2.45, 2.75) is 128 Å². The first kappa shape index (κ1) is 51.6. The highest BCUT2D eigenvalue weighted by Crippen LogP contribution is 2.51. The molecule has 4 aliphatic heterocycles. The molecule has 3 fully saturated rings. The van der Waals surface area contributed by atoms with Crippen LogP contribution in [-0.2, 0) is 9.47 Å². The zero-order valence-electron chi connectivity index (χ0n) is 45.0. The summed E-state index contributed by atoms with van der Waals surface area (Å²) in [6, 6.07) is 19.8. The van der Waals surface area contributed by atoms with Crippen molar-refractivity contribution in [2.24, 2.45) is 17.8 Å². The number of imidazole rings is 3. The molecule has 1 aliphatic carbocycles. The molecule has 11 rings (SSSR count). The zero-order valence-corrected chi connectivity index (χ0v) is 45.0. The van der Waals surface area contributed by atoms with Gasteiger partial charge in [0.2, 0.25) is 0 Å². The molecule has 7 N–H and O–H groups in total. The molecule has 7 heterocycles. The van der Waals surface area contributed by atoms with E-state index in [0.29, 0.717) is 19.7 Å².